The third-order valence-corrected chi connectivity index (χ3v) is 3.22. The van der Waals surface area contributed by atoms with Crippen molar-refractivity contribution in [2.45, 2.75) is 19.3 Å². The molecule has 2 rings (SSSR count). The molecule has 0 aromatic heterocycles. The Bertz CT molecular complexity index is 597. The summed E-state index contributed by atoms with van der Waals surface area (Å²) >= 11 is 0. The lowest BCUT2D eigenvalue weighted by molar-refractivity contribution is -0.124. The van der Waals surface area contributed by atoms with Gasteiger partial charge in [-0.2, -0.15) is 0 Å². The zero-order valence-electron chi connectivity index (χ0n) is 12.4. The fraction of sp³-hybridized carbons (Fsp3) is 0.222. The van der Waals surface area contributed by atoms with Crippen molar-refractivity contribution in [3.05, 3.63) is 66.2 Å². The highest BCUT2D eigenvalue weighted by atomic mass is 16.2. The first-order valence-corrected chi connectivity index (χ1v) is 7.39. The Labute approximate surface area is 130 Å². The molecule has 2 amide bonds. The Morgan fingerprint density at radius 2 is 1.45 bits per heavy atom. The minimum Gasteiger partial charge on any atom is -0.347 e. The van der Waals surface area contributed by atoms with Crippen LogP contribution in [0.1, 0.15) is 18.4 Å². The van der Waals surface area contributed by atoms with Gasteiger partial charge in [-0.05, 0) is 30.5 Å². The standard InChI is InChI=1S/C18H20N2O2/c21-17(13-7-10-15-8-3-1-4-9-15)19-14-18(22)20-16-11-5-2-6-12-16/h1-6,8-9,11-12H,7,10,13-14H2,(H,19,21)(H,20,22). The van der Waals surface area contributed by atoms with Crippen LogP contribution in [0.2, 0.25) is 0 Å². The summed E-state index contributed by atoms with van der Waals surface area (Å²) in [6, 6.07) is 19.2. The van der Waals surface area contributed by atoms with E-state index in [1.807, 2.05) is 48.5 Å². The van der Waals surface area contributed by atoms with Crippen LogP contribution in [-0.4, -0.2) is 18.4 Å². The van der Waals surface area contributed by atoms with E-state index in [4.69, 9.17) is 0 Å². The summed E-state index contributed by atoms with van der Waals surface area (Å²) in [6.07, 6.45) is 2.06. The van der Waals surface area contributed by atoms with Crippen LogP contribution in [0.15, 0.2) is 60.7 Å². The van der Waals surface area contributed by atoms with Gasteiger partial charge in [-0.1, -0.05) is 48.5 Å². The van der Waals surface area contributed by atoms with Crippen molar-refractivity contribution >= 4 is 17.5 Å². The van der Waals surface area contributed by atoms with E-state index in [0.717, 1.165) is 18.5 Å². The van der Waals surface area contributed by atoms with Crippen LogP contribution in [0.4, 0.5) is 5.69 Å². The van der Waals surface area contributed by atoms with Crippen molar-refractivity contribution < 1.29 is 9.59 Å². The molecule has 0 fully saturated rings. The predicted molar refractivity (Wildman–Crippen MR) is 87.5 cm³/mol. The van der Waals surface area contributed by atoms with Crippen LogP contribution in [-0.2, 0) is 16.0 Å². The maximum absolute atomic E-state index is 11.7. The van der Waals surface area contributed by atoms with Crippen LogP contribution in [0.25, 0.3) is 0 Å². The summed E-state index contributed by atoms with van der Waals surface area (Å²) in [4.78, 5) is 23.4. The molecule has 0 saturated carbocycles. The van der Waals surface area contributed by atoms with Crippen molar-refractivity contribution in [2.24, 2.45) is 0 Å². The van der Waals surface area contributed by atoms with E-state index in [1.54, 1.807) is 12.1 Å². The number of rotatable bonds is 7. The van der Waals surface area contributed by atoms with Crippen LogP contribution >= 0.6 is 0 Å². The number of carbonyl (C=O) groups is 2. The number of hydrogen-bond acceptors (Lipinski definition) is 2. The zero-order chi connectivity index (χ0) is 15.6. The summed E-state index contributed by atoms with van der Waals surface area (Å²) in [5.41, 5.74) is 1.95. The first-order valence-electron chi connectivity index (χ1n) is 7.39. The number of anilines is 1. The molecule has 0 aliphatic rings. The molecule has 0 radical (unpaired) electrons. The molecule has 4 nitrogen and oxygen atoms in total. The van der Waals surface area contributed by atoms with Crippen molar-refractivity contribution in [3.8, 4) is 0 Å². The van der Waals surface area contributed by atoms with E-state index in [-0.39, 0.29) is 18.4 Å². The number of nitrogens with one attached hydrogen (secondary N) is 2. The van der Waals surface area contributed by atoms with E-state index in [0.29, 0.717) is 6.42 Å². The second kappa shape index (κ2) is 8.62. The first kappa shape index (κ1) is 15.8. The first-order chi connectivity index (χ1) is 10.7. The highest BCUT2D eigenvalue weighted by molar-refractivity contribution is 5.94. The molecule has 0 saturated heterocycles. The van der Waals surface area contributed by atoms with Gasteiger partial charge >= 0.3 is 0 Å². The van der Waals surface area contributed by atoms with E-state index in [2.05, 4.69) is 10.6 Å². The Morgan fingerprint density at radius 3 is 2.14 bits per heavy atom. The number of para-hydroxylation sites is 1. The van der Waals surface area contributed by atoms with Gasteiger partial charge < -0.3 is 10.6 Å². The van der Waals surface area contributed by atoms with Gasteiger partial charge in [-0.15, -0.1) is 0 Å². The highest BCUT2D eigenvalue weighted by Gasteiger charge is 2.05. The number of aryl methyl sites for hydroxylation is 1. The molecule has 0 spiro atoms. The highest BCUT2D eigenvalue weighted by Crippen LogP contribution is 2.05. The fourth-order valence-electron chi connectivity index (χ4n) is 2.09. The van der Waals surface area contributed by atoms with Crippen molar-refractivity contribution in [1.82, 2.24) is 5.32 Å². The minimum atomic E-state index is -0.220. The van der Waals surface area contributed by atoms with Gasteiger partial charge in [-0.25, -0.2) is 0 Å². The number of benzene rings is 2. The Hall–Kier alpha value is -2.62. The van der Waals surface area contributed by atoms with Crippen LogP contribution in [0.3, 0.4) is 0 Å². The summed E-state index contributed by atoms with van der Waals surface area (Å²) in [6.45, 7) is -0.000928. The van der Waals surface area contributed by atoms with Gasteiger partial charge in [0, 0.05) is 12.1 Å². The molecule has 114 valence electrons. The molecule has 0 heterocycles. The molecule has 0 atom stereocenters. The summed E-state index contributed by atoms with van der Waals surface area (Å²) in [7, 11) is 0. The topological polar surface area (TPSA) is 58.2 Å². The van der Waals surface area contributed by atoms with Crippen LogP contribution in [0.5, 0.6) is 0 Å². The van der Waals surface area contributed by atoms with E-state index >= 15 is 0 Å². The Balaban J connectivity index is 1.62. The summed E-state index contributed by atoms with van der Waals surface area (Å²) in [5, 5.41) is 5.36. The lowest BCUT2D eigenvalue weighted by atomic mass is 10.1. The molecule has 0 aliphatic heterocycles. The van der Waals surface area contributed by atoms with E-state index in [1.165, 1.54) is 5.56 Å². The normalized spacial score (nSPS) is 10.0. The lowest BCUT2D eigenvalue weighted by Gasteiger charge is -2.07. The molecular formula is C18H20N2O2. The summed E-state index contributed by atoms with van der Waals surface area (Å²) in [5.74, 6) is -0.318. The second-order valence-electron chi connectivity index (χ2n) is 5.03. The molecule has 0 bridgehead atoms. The molecule has 2 aromatic rings. The molecule has 4 heteroatoms. The zero-order valence-corrected chi connectivity index (χ0v) is 12.4. The molecular weight excluding hydrogens is 276 g/mol. The minimum absolute atomic E-state index is 0.000928. The molecule has 2 aromatic carbocycles. The largest absolute Gasteiger partial charge is 0.347 e. The smallest absolute Gasteiger partial charge is 0.243 e. The number of carbonyl (C=O) groups excluding carboxylic acids is 2. The second-order valence-corrected chi connectivity index (χ2v) is 5.03. The molecule has 0 unspecified atom stereocenters. The van der Waals surface area contributed by atoms with Crippen molar-refractivity contribution in [2.75, 3.05) is 11.9 Å². The quantitative estimate of drug-likeness (QED) is 0.825. The average Bonchev–Trinajstić information content (AvgIpc) is 2.55. The van der Waals surface area contributed by atoms with Crippen molar-refractivity contribution in [3.63, 3.8) is 0 Å². The monoisotopic (exact) mass is 296 g/mol. The van der Waals surface area contributed by atoms with Gasteiger partial charge in [0.05, 0.1) is 6.54 Å². The van der Waals surface area contributed by atoms with Gasteiger partial charge in [0.2, 0.25) is 11.8 Å². The third-order valence-electron chi connectivity index (χ3n) is 3.22. The van der Waals surface area contributed by atoms with Gasteiger partial charge in [0.15, 0.2) is 0 Å². The van der Waals surface area contributed by atoms with Gasteiger partial charge in [0.25, 0.3) is 0 Å². The predicted octanol–water partition coefficient (Wildman–Crippen LogP) is 2.76. The SMILES string of the molecule is O=C(CCCc1ccccc1)NCC(=O)Nc1ccccc1. The maximum Gasteiger partial charge on any atom is 0.243 e. The maximum atomic E-state index is 11.7. The number of amides is 2. The van der Waals surface area contributed by atoms with E-state index in [9.17, 15) is 9.59 Å². The van der Waals surface area contributed by atoms with Crippen molar-refractivity contribution in [1.29, 1.82) is 0 Å². The van der Waals surface area contributed by atoms with E-state index < -0.39 is 0 Å². The Morgan fingerprint density at radius 1 is 0.818 bits per heavy atom. The van der Waals surface area contributed by atoms with Crippen LogP contribution in [0, 0.1) is 0 Å². The van der Waals surface area contributed by atoms with Gasteiger partial charge in [0.1, 0.15) is 0 Å². The molecule has 22 heavy (non-hydrogen) atoms. The molecule has 0 aliphatic carbocycles. The third kappa shape index (κ3) is 5.79. The van der Waals surface area contributed by atoms with Crippen LogP contribution < -0.4 is 10.6 Å². The fourth-order valence-corrected chi connectivity index (χ4v) is 2.09. The molecule has 2 N–H and O–H groups in total. The Kier molecular flexibility index (Phi) is 6.18. The average molecular weight is 296 g/mol. The summed E-state index contributed by atoms with van der Waals surface area (Å²) < 4.78 is 0. The lowest BCUT2D eigenvalue weighted by Crippen LogP contribution is -2.32. The number of hydrogen-bond donors (Lipinski definition) is 2. The van der Waals surface area contributed by atoms with Gasteiger partial charge in [-0.3, -0.25) is 9.59 Å².